The van der Waals surface area contributed by atoms with E-state index in [0.29, 0.717) is 6.61 Å². The van der Waals surface area contributed by atoms with Crippen molar-refractivity contribution in [2.24, 2.45) is 0 Å². The second kappa shape index (κ2) is 7.92. The van der Waals surface area contributed by atoms with Gasteiger partial charge in [-0.3, -0.25) is 18.2 Å². The first-order chi connectivity index (χ1) is 5.66. The van der Waals surface area contributed by atoms with E-state index < -0.39 is 23.3 Å². The van der Waals surface area contributed by atoms with Crippen molar-refractivity contribution in [3.8, 4) is 0 Å². The third kappa shape index (κ3) is 8.40. The highest BCUT2D eigenvalue weighted by Crippen LogP contribution is 2.25. The molecule has 0 bridgehead atoms. The zero-order chi connectivity index (χ0) is 9.40. The van der Waals surface area contributed by atoms with Gasteiger partial charge in [0.2, 0.25) is 0 Å². The van der Waals surface area contributed by atoms with Gasteiger partial charge in [0.25, 0.3) is 0 Å². The topological polar surface area (TPSA) is 82.1 Å². The molecule has 0 aliphatic carbocycles. The molecule has 74 valence electrons. The molecule has 8 heteroatoms. The largest absolute Gasteiger partial charge is 0.326 e. The molecule has 0 saturated carbocycles. The van der Waals surface area contributed by atoms with Gasteiger partial charge in [0.15, 0.2) is 6.79 Å². The molecule has 0 aromatic rings. The normalized spacial score (nSPS) is 15.8. The molecule has 0 aromatic heterocycles. The summed E-state index contributed by atoms with van der Waals surface area (Å²) in [5, 5.41) is 0. The van der Waals surface area contributed by atoms with Gasteiger partial charge >= 0.3 is 16.5 Å². The van der Waals surface area contributed by atoms with Gasteiger partial charge in [-0.05, 0) is 6.42 Å². The molecule has 2 unspecified atom stereocenters. The summed E-state index contributed by atoms with van der Waals surface area (Å²) < 4.78 is 33.8. The molecule has 0 aromatic carbocycles. The SMILES string of the molecule is CCCO[PH](=O)OCO[PH](=O)O. The molecule has 0 rings (SSSR count). The molecule has 2 atom stereocenters. The van der Waals surface area contributed by atoms with Crippen LogP contribution in [0.2, 0.25) is 0 Å². The van der Waals surface area contributed by atoms with Crippen LogP contribution in [0.4, 0.5) is 0 Å². The summed E-state index contributed by atoms with van der Waals surface area (Å²) in [6.45, 7) is 1.72. The first-order valence-corrected chi connectivity index (χ1v) is 5.81. The fourth-order valence-electron chi connectivity index (χ4n) is 0.355. The van der Waals surface area contributed by atoms with Crippen molar-refractivity contribution in [3.05, 3.63) is 0 Å². The van der Waals surface area contributed by atoms with Crippen molar-refractivity contribution in [1.82, 2.24) is 0 Å². The summed E-state index contributed by atoms with van der Waals surface area (Å²) in [6.07, 6.45) is 0.733. The van der Waals surface area contributed by atoms with Crippen molar-refractivity contribution < 1.29 is 27.6 Å². The van der Waals surface area contributed by atoms with E-state index in [2.05, 4.69) is 13.6 Å². The minimum absolute atomic E-state index is 0.339. The Morgan fingerprint density at radius 3 is 2.42 bits per heavy atom. The molecule has 0 radical (unpaired) electrons. The molecule has 0 aliphatic rings. The van der Waals surface area contributed by atoms with Crippen molar-refractivity contribution in [1.29, 1.82) is 0 Å². The Balaban J connectivity index is 3.25. The van der Waals surface area contributed by atoms with Crippen LogP contribution in [-0.4, -0.2) is 18.3 Å². The van der Waals surface area contributed by atoms with Crippen LogP contribution in [0.3, 0.4) is 0 Å². The molecule has 0 heterocycles. The molecule has 12 heavy (non-hydrogen) atoms. The van der Waals surface area contributed by atoms with Crippen molar-refractivity contribution in [3.63, 3.8) is 0 Å². The Labute approximate surface area is 71.7 Å². The fraction of sp³-hybridized carbons (Fsp3) is 1.00. The Bertz CT molecular complexity index is 160. The maximum atomic E-state index is 10.7. The van der Waals surface area contributed by atoms with E-state index >= 15 is 0 Å². The van der Waals surface area contributed by atoms with Crippen LogP contribution < -0.4 is 0 Å². The predicted molar refractivity (Wildman–Crippen MR) is 43.5 cm³/mol. The Hall–Kier alpha value is 0.300. The van der Waals surface area contributed by atoms with Crippen LogP contribution in [0.15, 0.2) is 0 Å². The van der Waals surface area contributed by atoms with Crippen molar-refractivity contribution >= 4 is 16.5 Å². The highest BCUT2D eigenvalue weighted by Gasteiger charge is 1.99. The quantitative estimate of drug-likeness (QED) is 0.510. The van der Waals surface area contributed by atoms with Gasteiger partial charge in [0, 0.05) is 0 Å². The number of hydrogen-bond donors (Lipinski definition) is 1. The van der Waals surface area contributed by atoms with Crippen LogP contribution in [0, 0.1) is 0 Å². The van der Waals surface area contributed by atoms with Gasteiger partial charge in [-0.25, -0.2) is 0 Å². The first-order valence-electron chi connectivity index (χ1n) is 3.32. The van der Waals surface area contributed by atoms with E-state index in [1.165, 1.54) is 0 Å². The lowest BCUT2D eigenvalue weighted by Crippen LogP contribution is -1.90. The van der Waals surface area contributed by atoms with Gasteiger partial charge in [0.05, 0.1) is 6.61 Å². The van der Waals surface area contributed by atoms with Crippen molar-refractivity contribution in [2.45, 2.75) is 13.3 Å². The molecule has 0 saturated heterocycles. The zero-order valence-electron chi connectivity index (χ0n) is 6.61. The van der Waals surface area contributed by atoms with Crippen LogP contribution in [-0.2, 0) is 22.7 Å². The summed E-state index contributed by atoms with van der Waals surface area (Å²) in [7, 11) is -5.56. The molecule has 0 fully saturated rings. The van der Waals surface area contributed by atoms with Gasteiger partial charge in [-0.15, -0.1) is 0 Å². The second-order valence-corrected chi connectivity index (χ2v) is 3.67. The minimum atomic E-state index is -3.00. The molecule has 0 amide bonds. The minimum Gasteiger partial charge on any atom is -0.326 e. The van der Waals surface area contributed by atoms with E-state index in [0.717, 1.165) is 6.42 Å². The first kappa shape index (κ1) is 12.3. The van der Waals surface area contributed by atoms with E-state index in [9.17, 15) is 9.13 Å². The highest BCUT2D eigenvalue weighted by atomic mass is 31.1. The Morgan fingerprint density at radius 1 is 1.25 bits per heavy atom. The van der Waals surface area contributed by atoms with Gasteiger partial charge in [-0.1, -0.05) is 6.92 Å². The zero-order valence-corrected chi connectivity index (χ0v) is 8.61. The summed E-state index contributed by atoms with van der Waals surface area (Å²) in [6, 6.07) is 0. The lowest BCUT2D eigenvalue weighted by Gasteiger charge is -2.02. The monoisotopic (exact) mass is 218 g/mol. The smallest absolute Gasteiger partial charge is 0.321 e. The van der Waals surface area contributed by atoms with E-state index in [-0.39, 0.29) is 0 Å². The number of rotatable bonds is 7. The van der Waals surface area contributed by atoms with Gasteiger partial charge < -0.3 is 9.42 Å². The molecule has 0 spiro atoms. The van der Waals surface area contributed by atoms with Crippen molar-refractivity contribution in [2.75, 3.05) is 13.4 Å². The maximum Gasteiger partial charge on any atom is 0.321 e. The summed E-state index contributed by atoms with van der Waals surface area (Å²) in [5.74, 6) is 0. The fourth-order valence-corrected chi connectivity index (χ4v) is 1.24. The molecule has 1 N–H and O–H groups in total. The highest BCUT2D eigenvalue weighted by molar-refractivity contribution is 7.33. The van der Waals surface area contributed by atoms with Crippen LogP contribution in [0.5, 0.6) is 0 Å². The summed E-state index contributed by atoms with van der Waals surface area (Å²) in [4.78, 5) is 8.15. The van der Waals surface area contributed by atoms with E-state index in [4.69, 9.17) is 4.89 Å². The molecule has 0 aliphatic heterocycles. The lowest BCUT2D eigenvalue weighted by molar-refractivity contribution is 0.101. The molecular weight excluding hydrogens is 206 g/mol. The third-order valence-electron chi connectivity index (χ3n) is 0.783. The van der Waals surface area contributed by atoms with Crippen LogP contribution in [0.25, 0.3) is 0 Å². The Morgan fingerprint density at radius 2 is 1.92 bits per heavy atom. The van der Waals surface area contributed by atoms with Crippen LogP contribution in [0.1, 0.15) is 13.3 Å². The Kier molecular flexibility index (Phi) is 8.12. The summed E-state index contributed by atoms with van der Waals surface area (Å²) in [5.41, 5.74) is 0. The molecule has 6 nitrogen and oxygen atoms in total. The average Bonchev–Trinajstić information content (AvgIpc) is 2.00. The third-order valence-corrected chi connectivity index (χ3v) is 1.94. The summed E-state index contributed by atoms with van der Waals surface area (Å²) >= 11 is 0. The van der Waals surface area contributed by atoms with Crippen LogP contribution >= 0.6 is 16.5 Å². The lowest BCUT2D eigenvalue weighted by atomic mass is 10.5. The maximum absolute atomic E-state index is 10.7. The predicted octanol–water partition coefficient (Wildman–Crippen LogP) is 1.18. The standard InChI is InChI=1S/C4H12O6P2/c1-2-3-8-12(7)10-4-9-11(5)6/h11-12H,2-4H2,1H3,(H,5,6). The van der Waals surface area contributed by atoms with E-state index in [1.807, 2.05) is 6.92 Å². The average molecular weight is 218 g/mol. The molecular formula is C4H12O6P2. The van der Waals surface area contributed by atoms with Gasteiger partial charge in [-0.2, -0.15) is 0 Å². The van der Waals surface area contributed by atoms with Gasteiger partial charge in [0.1, 0.15) is 0 Å². The number of hydrogen-bond acceptors (Lipinski definition) is 5. The second-order valence-electron chi connectivity index (χ2n) is 1.77. The van der Waals surface area contributed by atoms with E-state index in [1.54, 1.807) is 0 Å².